The lowest BCUT2D eigenvalue weighted by Crippen LogP contribution is -2.21. The van der Waals surface area contributed by atoms with Crippen LogP contribution < -0.4 is 0 Å². The number of rotatable bonds is 4. The summed E-state index contributed by atoms with van der Waals surface area (Å²) >= 11 is 1.78. The van der Waals surface area contributed by atoms with Crippen LogP contribution in [0, 0.1) is 0 Å². The summed E-state index contributed by atoms with van der Waals surface area (Å²) in [5.41, 5.74) is 1.78. The molecule has 3 aromatic rings. The number of hydrogen-bond acceptors (Lipinski definition) is 4. The molecule has 0 unspecified atom stereocenters. The van der Waals surface area contributed by atoms with Gasteiger partial charge in [-0.15, -0.1) is 11.3 Å². The Morgan fingerprint density at radius 3 is 2.84 bits per heavy atom. The molecule has 0 saturated carbocycles. The van der Waals surface area contributed by atoms with Crippen molar-refractivity contribution in [2.45, 2.75) is 19.5 Å². The first-order chi connectivity index (χ1) is 9.24. The highest BCUT2D eigenvalue weighted by atomic mass is 32.1. The van der Waals surface area contributed by atoms with Crippen LogP contribution in [0.3, 0.4) is 0 Å². The summed E-state index contributed by atoms with van der Waals surface area (Å²) in [5, 5.41) is 2.11. The van der Waals surface area contributed by atoms with E-state index >= 15 is 0 Å². The summed E-state index contributed by atoms with van der Waals surface area (Å²) in [4.78, 5) is 8.12. The third-order valence-corrected chi connectivity index (χ3v) is 4.38. The van der Waals surface area contributed by atoms with Gasteiger partial charge in [0, 0.05) is 10.9 Å². The molecule has 3 rings (SSSR count). The minimum atomic E-state index is 0.370. The van der Waals surface area contributed by atoms with Gasteiger partial charge in [0.2, 0.25) is 5.89 Å². The second-order valence-electron chi connectivity index (χ2n) is 4.68. The molecule has 0 saturated heterocycles. The fourth-order valence-corrected chi connectivity index (χ4v) is 2.93. The van der Waals surface area contributed by atoms with Crippen LogP contribution in [0.15, 0.2) is 46.2 Å². The van der Waals surface area contributed by atoms with Crippen molar-refractivity contribution in [3.8, 4) is 0 Å². The van der Waals surface area contributed by atoms with Gasteiger partial charge in [0.25, 0.3) is 0 Å². The predicted molar refractivity (Wildman–Crippen MR) is 78.2 cm³/mol. The summed E-state index contributed by atoms with van der Waals surface area (Å²) in [6, 6.07) is 12.5. The van der Waals surface area contributed by atoms with E-state index in [0.717, 1.165) is 17.0 Å². The average molecular weight is 272 g/mol. The number of benzene rings is 1. The fraction of sp³-hybridized carbons (Fsp3) is 0.267. The molecule has 0 amide bonds. The minimum Gasteiger partial charge on any atom is -0.439 e. The molecule has 1 atom stereocenters. The lowest BCUT2D eigenvalue weighted by Gasteiger charge is -2.21. The van der Waals surface area contributed by atoms with E-state index in [4.69, 9.17) is 4.42 Å². The molecule has 2 heterocycles. The van der Waals surface area contributed by atoms with Gasteiger partial charge in [0.05, 0.1) is 6.54 Å². The van der Waals surface area contributed by atoms with Crippen LogP contribution in [0.5, 0.6) is 0 Å². The molecular formula is C15H16N2OS. The largest absolute Gasteiger partial charge is 0.439 e. The van der Waals surface area contributed by atoms with Crippen LogP contribution >= 0.6 is 11.3 Å². The quantitative estimate of drug-likeness (QED) is 0.716. The molecule has 98 valence electrons. The van der Waals surface area contributed by atoms with Gasteiger partial charge < -0.3 is 4.42 Å². The summed E-state index contributed by atoms with van der Waals surface area (Å²) < 4.78 is 5.76. The molecule has 19 heavy (non-hydrogen) atoms. The molecule has 0 N–H and O–H groups in total. The van der Waals surface area contributed by atoms with E-state index in [1.165, 1.54) is 4.88 Å². The van der Waals surface area contributed by atoms with Crippen molar-refractivity contribution in [1.82, 2.24) is 9.88 Å². The van der Waals surface area contributed by atoms with Crippen molar-refractivity contribution in [2.24, 2.45) is 0 Å². The first-order valence-electron chi connectivity index (χ1n) is 6.32. The number of para-hydroxylation sites is 2. The molecule has 4 heteroatoms. The van der Waals surface area contributed by atoms with E-state index in [-0.39, 0.29) is 0 Å². The minimum absolute atomic E-state index is 0.370. The van der Waals surface area contributed by atoms with E-state index in [9.17, 15) is 0 Å². The topological polar surface area (TPSA) is 29.3 Å². The molecule has 0 bridgehead atoms. The third kappa shape index (κ3) is 2.55. The first-order valence-corrected chi connectivity index (χ1v) is 7.20. The summed E-state index contributed by atoms with van der Waals surface area (Å²) in [5.74, 6) is 0.770. The Morgan fingerprint density at radius 2 is 2.11 bits per heavy atom. The lowest BCUT2D eigenvalue weighted by molar-refractivity contribution is 0.233. The number of nitrogens with zero attached hydrogens (tertiary/aromatic N) is 2. The molecule has 3 nitrogen and oxygen atoms in total. The highest BCUT2D eigenvalue weighted by Gasteiger charge is 2.15. The van der Waals surface area contributed by atoms with E-state index in [1.807, 2.05) is 24.3 Å². The predicted octanol–water partition coefficient (Wildman–Crippen LogP) is 4.08. The summed E-state index contributed by atoms with van der Waals surface area (Å²) in [6.45, 7) is 2.92. The van der Waals surface area contributed by atoms with E-state index in [1.54, 1.807) is 11.3 Å². The van der Waals surface area contributed by atoms with Crippen LogP contribution in [-0.2, 0) is 6.54 Å². The molecular weight excluding hydrogens is 256 g/mol. The molecule has 0 radical (unpaired) electrons. The maximum Gasteiger partial charge on any atom is 0.209 e. The number of hydrogen-bond donors (Lipinski definition) is 0. The Labute approximate surface area is 116 Å². The maximum atomic E-state index is 5.76. The van der Waals surface area contributed by atoms with Gasteiger partial charge in [-0.05, 0) is 37.6 Å². The smallest absolute Gasteiger partial charge is 0.209 e. The maximum absolute atomic E-state index is 5.76. The van der Waals surface area contributed by atoms with Crippen LogP contribution in [0.2, 0.25) is 0 Å². The number of aromatic nitrogens is 1. The third-order valence-electron chi connectivity index (χ3n) is 3.34. The van der Waals surface area contributed by atoms with Crippen molar-refractivity contribution in [3.05, 3.63) is 52.5 Å². The van der Waals surface area contributed by atoms with Crippen molar-refractivity contribution in [1.29, 1.82) is 0 Å². The Balaban J connectivity index is 1.77. The zero-order valence-electron chi connectivity index (χ0n) is 11.0. The van der Waals surface area contributed by atoms with Crippen LogP contribution in [-0.4, -0.2) is 16.9 Å². The highest BCUT2D eigenvalue weighted by molar-refractivity contribution is 7.10. The monoisotopic (exact) mass is 272 g/mol. The van der Waals surface area contributed by atoms with Gasteiger partial charge in [-0.25, -0.2) is 4.98 Å². The van der Waals surface area contributed by atoms with Crippen LogP contribution in [0.25, 0.3) is 11.1 Å². The average Bonchev–Trinajstić information content (AvgIpc) is 3.06. The summed E-state index contributed by atoms with van der Waals surface area (Å²) in [6.07, 6.45) is 0. The van der Waals surface area contributed by atoms with Gasteiger partial charge in [-0.3, -0.25) is 4.90 Å². The molecule has 0 aliphatic heterocycles. The van der Waals surface area contributed by atoms with E-state index in [2.05, 4.69) is 41.4 Å². The highest BCUT2D eigenvalue weighted by Crippen LogP contribution is 2.25. The number of oxazole rings is 1. The zero-order valence-corrected chi connectivity index (χ0v) is 11.9. The Bertz CT molecular complexity index is 627. The lowest BCUT2D eigenvalue weighted by atomic mass is 10.2. The van der Waals surface area contributed by atoms with Crippen LogP contribution in [0.4, 0.5) is 0 Å². The molecule has 1 aromatic carbocycles. The van der Waals surface area contributed by atoms with Crippen molar-refractivity contribution in [2.75, 3.05) is 7.05 Å². The van der Waals surface area contributed by atoms with Gasteiger partial charge in [-0.1, -0.05) is 18.2 Å². The zero-order chi connectivity index (χ0) is 13.2. The molecule has 0 fully saturated rings. The first kappa shape index (κ1) is 12.4. The van der Waals surface area contributed by atoms with Crippen molar-refractivity contribution >= 4 is 22.4 Å². The number of thiophene rings is 1. The molecule has 2 aromatic heterocycles. The van der Waals surface area contributed by atoms with Crippen LogP contribution in [0.1, 0.15) is 23.7 Å². The number of fused-ring (bicyclic) bond motifs is 1. The molecule has 0 aliphatic rings. The van der Waals surface area contributed by atoms with E-state index < -0.39 is 0 Å². The molecule has 0 spiro atoms. The fourth-order valence-electron chi connectivity index (χ4n) is 2.08. The summed E-state index contributed by atoms with van der Waals surface area (Å²) in [7, 11) is 2.10. The normalized spacial score (nSPS) is 13.2. The van der Waals surface area contributed by atoms with Gasteiger partial charge in [0.1, 0.15) is 5.52 Å². The second-order valence-corrected chi connectivity index (χ2v) is 5.66. The Morgan fingerprint density at radius 1 is 1.26 bits per heavy atom. The Hall–Kier alpha value is -1.65. The van der Waals surface area contributed by atoms with Gasteiger partial charge >= 0.3 is 0 Å². The van der Waals surface area contributed by atoms with Gasteiger partial charge in [0.15, 0.2) is 5.58 Å². The van der Waals surface area contributed by atoms with Crippen molar-refractivity contribution < 1.29 is 4.42 Å². The molecule has 0 aliphatic carbocycles. The Kier molecular flexibility index (Phi) is 3.36. The standard InChI is InChI=1S/C15H16N2OS/c1-11(14-8-5-9-19-14)17(2)10-15-16-12-6-3-4-7-13(12)18-15/h3-9,11H,10H2,1-2H3/t11-/m1/s1. The van der Waals surface area contributed by atoms with Crippen molar-refractivity contribution in [3.63, 3.8) is 0 Å². The SMILES string of the molecule is C[C@H](c1cccs1)N(C)Cc1nc2ccccc2o1. The van der Waals surface area contributed by atoms with E-state index in [0.29, 0.717) is 12.6 Å². The second kappa shape index (κ2) is 5.15. The van der Waals surface area contributed by atoms with Gasteiger partial charge in [-0.2, -0.15) is 0 Å².